The van der Waals surface area contributed by atoms with Gasteiger partial charge in [0.1, 0.15) is 46.6 Å². The van der Waals surface area contributed by atoms with E-state index >= 15 is 8.78 Å². The number of nitrogens with zero attached hydrogens (tertiary/aromatic N) is 16. The van der Waals surface area contributed by atoms with Crippen molar-refractivity contribution in [1.29, 1.82) is 0 Å². The number of carbonyl (C=O) groups excluding carboxylic acids is 4. The van der Waals surface area contributed by atoms with Crippen molar-refractivity contribution in [2.45, 2.75) is 457 Å². The molecule has 24 nitrogen and oxygen atoms in total. The molecule has 148 heavy (non-hydrogen) atoms. The van der Waals surface area contributed by atoms with Crippen LogP contribution in [-0.4, -0.2) is 200 Å². The molecule has 8 bridgehead atoms. The lowest BCUT2D eigenvalue weighted by Gasteiger charge is -2.40. The molecule has 20 rings (SSSR count). The van der Waals surface area contributed by atoms with Crippen LogP contribution in [0.1, 0.15) is 476 Å². The van der Waals surface area contributed by atoms with E-state index in [1.165, 1.54) is 16.7 Å². The summed E-state index contributed by atoms with van der Waals surface area (Å²) in [5.41, 5.74) is 2.58. The van der Waals surface area contributed by atoms with E-state index in [9.17, 15) is 51.0 Å². The van der Waals surface area contributed by atoms with E-state index in [4.69, 9.17) is 43.9 Å². The average Bonchev–Trinajstić information content (AvgIpc) is 0.930. The van der Waals surface area contributed by atoms with Crippen LogP contribution < -0.4 is 21.3 Å². The summed E-state index contributed by atoms with van der Waals surface area (Å²) in [5, 5.41) is 43.4. The summed E-state index contributed by atoms with van der Waals surface area (Å²) in [4.78, 5) is 62.2. The Morgan fingerprint density at radius 3 is 0.750 bits per heavy atom. The maximum absolute atomic E-state index is 15.0. The van der Waals surface area contributed by atoms with Crippen molar-refractivity contribution >= 4 is 23.6 Å². The standard InChI is InChI=1S/4C29H41F2N5O/c4*1-19(2)27-34-33-20(3)36(27)25-17-23-9-10-24(18-25)35(23)16-13-26(21-7-5-4-6-8-21)32-28(37)22-11-14-29(30,31)15-12-22/h4*4-8,19,22-26H,9-18H2,1-3H3,(H,32,37)/i3D3,11D2,12D2,14D2,15D2,16D2,19D;3D3,11D2,12D2,14D2,15D2,19D;3D3,16D2,19D;3D3,19D. The molecule has 12 atom stereocenters. The smallest absolute Gasteiger partial charge is 0.248 e. The van der Waals surface area contributed by atoms with E-state index in [-0.39, 0.29) is 196 Å². The SMILES string of the molecule is [2H]C([2H])([2H])c1nnc(C([2H])(C)C)n1C1CC2CCC(C1)N2C([2H])([2H])CC(NC(=O)C1C([2H])([2H])C([2H])([2H])C(F)(F)C([2H])([2H])C1([2H])[2H])c1ccccc1.[2H]C([2H])([2H])c1nnc(C([2H])(C)C)n1C1CC2CCC(C1)N2C([2H])([2H])CC(NC(=O)C1CCC(F)(F)CC1)c1ccccc1.[2H]C([2H])([2H])c1nnc(C([2H])(C)C)n1C1CC2CCC(C1)N2CCC(NC(=O)C1C([2H])([2H])C([2H])([2H])C(F)(F)C([2H])([2H])C1([2H])[2H])c1ccccc1.[2H]C([2H])([2H])c1nnc(C([2H])(C)C)n1C1CC2CCC(C1)N2CCC(NC(=O)C1CCC(F)(F)CC1)c1ccccc1. The van der Waals surface area contributed by atoms with E-state index in [1.807, 2.05) is 65.6 Å². The maximum Gasteiger partial charge on any atom is 0.248 e. The molecule has 12 unspecified atom stereocenters. The van der Waals surface area contributed by atoms with Gasteiger partial charge >= 0.3 is 0 Å². The quantitative estimate of drug-likeness (QED) is 0.0286. The number of halogens is 8. The molecule has 4 N–H and O–H groups in total. The molecule has 12 fully saturated rings. The summed E-state index contributed by atoms with van der Waals surface area (Å²) in [6.45, 7) is 0.113. The number of piperidine rings is 4. The first-order valence-corrected chi connectivity index (χ1v) is 52.3. The number of carbonyl (C=O) groups is 4. The summed E-state index contributed by atoms with van der Waals surface area (Å²) < 4.78 is 418. The van der Waals surface area contributed by atoms with Crippen molar-refractivity contribution in [2.24, 2.45) is 23.7 Å². The van der Waals surface area contributed by atoms with Gasteiger partial charge in [-0.15, -0.1) is 40.8 Å². The molecule has 4 aromatic heterocycles. The summed E-state index contributed by atoms with van der Waals surface area (Å²) in [5.74, 6) is -30.0. The molecule has 0 spiro atoms. The topological polar surface area (TPSA) is 252 Å². The highest BCUT2D eigenvalue weighted by molar-refractivity contribution is 5.81. The van der Waals surface area contributed by atoms with Gasteiger partial charge in [-0.25, -0.2) is 35.1 Å². The van der Waals surface area contributed by atoms with Crippen LogP contribution >= 0.6 is 0 Å². The molecular formula is C116H164F8N20O4. The molecular weight excluding hydrogens is 1890 g/mol. The molecule has 12 aliphatic rings. The van der Waals surface area contributed by atoms with Crippen molar-refractivity contribution in [3.05, 3.63) is 190 Å². The predicted octanol–water partition coefficient (Wildman–Crippen LogP) is 23.8. The van der Waals surface area contributed by atoms with Crippen molar-refractivity contribution in [1.82, 2.24) is 99.9 Å². The van der Waals surface area contributed by atoms with Gasteiger partial charge in [0.05, 0.1) is 24.2 Å². The molecule has 12 heterocycles. The second-order valence-electron chi connectivity index (χ2n) is 42.7. The molecule has 0 radical (unpaired) electrons. The maximum atomic E-state index is 15.0. The molecule has 8 aromatic rings. The van der Waals surface area contributed by atoms with Crippen molar-refractivity contribution < 1.29 is 104 Å². The molecule has 4 aromatic carbocycles. The zero-order valence-electron chi connectivity index (χ0n) is 121. The van der Waals surface area contributed by atoms with Crippen LogP contribution in [0.2, 0.25) is 0 Å². The molecule has 32 heteroatoms. The van der Waals surface area contributed by atoms with Gasteiger partial charge in [0, 0.05) is 246 Å². The Morgan fingerprint density at radius 1 is 0.311 bits per heavy atom. The number of amides is 4. The van der Waals surface area contributed by atoms with Gasteiger partial charge < -0.3 is 39.5 Å². The van der Waals surface area contributed by atoms with Crippen LogP contribution in [0.3, 0.4) is 0 Å². The largest absolute Gasteiger partial charge is 0.349 e. The Bertz CT molecular complexity index is 7130. The minimum atomic E-state index is -5.17. The van der Waals surface area contributed by atoms with Gasteiger partial charge in [-0.05, 0) is 229 Å². The van der Waals surface area contributed by atoms with Crippen LogP contribution in [0, 0.1) is 51.1 Å². The van der Waals surface area contributed by atoms with Gasteiger partial charge in [0.25, 0.3) is 0 Å². The highest BCUT2D eigenvalue weighted by Gasteiger charge is 2.50. The normalized spacial score (nSPS) is 34.1. The van der Waals surface area contributed by atoms with Crippen LogP contribution in [0.25, 0.3) is 0 Å². The molecule has 8 saturated heterocycles. The number of aryl methyl sites for hydroxylation is 4. The Kier molecular flexibility index (Phi) is 23.6. The Hall–Kier alpha value is -9.40. The van der Waals surface area contributed by atoms with Crippen molar-refractivity contribution in [3.8, 4) is 0 Å². The molecule has 4 aliphatic carbocycles. The fraction of sp³-hybridized carbons (Fsp3) is 0.690. The van der Waals surface area contributed by atoms with Crippen LogP contribution in [0.4, 0.5) is 35.1 Å². The van der Waals surface area contributed by atoms with Gasteiger partial charge in [0.2, 0.25) is 47.3 Å². The monoisotopic (exact) mass is 2090 g/mol. The number of rotatable bonds is 32. The lowest BCUT2D eigenvalue weighted by Crippen LogP contribution is -2.45. The first-order valence-electron chi connectivity index (χ1n) is 70.3. The Morgan fingerprint density at radius 2 is 0.527 bits per heavy atom. The number of fused-ring (bicyclic) bond motifs is 8. The van der Waals surface area contributed by atoms with Crippen LogP contribution in [0.5, 0.6) is 0 Å². The number of hydrogen-bond donors (Lipinski definition) is 4. The van der Waals surface area contributed by atoms with Crippen LogP contribution in [-0.2, 0) is 19.2 Å². The van der Waals surface area contributed by atoms with Crippen molar-refractivity contribution in [3.63, 3.8) is 0 Å². The number of aromatic nitrogens is 12. The van der Waals surface area contributed by atoms with Gasteiger partial charge in [0.15, 0.2) is 0 Å². The van der Waals surface area contributed by atoms with Crippen LogP contribution in [0.15, 0.2) is 121 Å². The highest BCUT2D eigenvalue weighted by atomic mass is 19.3. The average molecular weight is 2090 g/mol. The Balaban J connectivity index is 0.000000162. The Labute approximate surface area is 922 Å². The molecule has 4 amide bonds. The van der Waals surface area contributed by atoms with E-state index in [2.05, 4.69) is 71.9 Å². The van der Waals surface area contributed by atoms with Crippen molar-refractivity contribution in [2.75, 3.05) is 26.1 Å². The number of nitrogens with one attached hydrogen (secondary N) is 4. The fourth-order valence-corrected chi connectivity index (χ4v) is 24.4. The summed E-state index contributed by atoms with van der Waals surface area (Å²) in [6.07, 6.45) is -22.3. The van der Waals surface area contributed by atoms with E-state index in [0.717, 1.165) is 69.0 Å². The third-order valence-electron chi connectivity index (χ3n) is 31.7. The van der Waals surface area contributed by atoms with E-state index in [0.29, 0.717) is 68.4 Å². The minimum Gasteiger partial charge on any atom is -0.349 e. The number of hydrogen-bond acceptors (Lipinski definition) is 16. The predicted molar refractivity (Wildman–Crippen MR) is 558 cm³/mol. The summed E-state index contributed by atoms with van der Waals surface area (Å²) in [6, 6.07) is 30.3. The van der Waals surface area contributed by atoms with Gasteiger partial charge in [-0.1, -0.05) is 177 Å². The molecule has 4 saturated carbocycles. The fourth-order valence-electron chi connectivity index (χ4n) is 24.4. The van der Waals surface area contributed by atoms with E-state index in [1.54, 1.807) is 123 Å². The first kappa shape index (κ1) is 72.2. The lowest BCUT2D eigenvalue weighted by atomic mass is 9.86. The number of benzene rings is 4. The molecule has 8 aliphatic heterocycles. The number of alkyl halides is 8. The zero-order chi connectivity index (χ0) is 136. The molecule has 808 valence electrons. The third-order valence-corrected chi connectivity index (χ3v) is 31.7. The third kappa shape index (κ3) is 26.7. The van der Waals surface area contributed by atoms with E-state index < -0.39 is 211 Å². The second kappa shape index (κ2) is 48.3. The first-order chi connectivity index (χ1) is 84.5. The van der Waals surface area contributed by atoms with Gasteiger partial charge in [-0.3, -0.25) is 38.8 Å². The second-order valence-corrected chi connectivity index (χ2v) is 42.7. The van der Waals surface area contributed by atoms with Gasteiger partial charge in [-0.2, -0.15) is 0 Å². The highest BCUT2D eigenvalue weighted by Crippen LogP contribution is 2.50. The zero-order valence-corrected chi connectivity index (χ0v) is 85.1. The summed E-state index contributed by atoms with van der Waals surface area (Å²) in [7, 11) is 0. The lowest BCUT2D eigenvalue weighted by molar-refractivity contribution is -0.131. The summed E-state index contributed by atoms with van der Waals surface area (Å²) >= 11 is 0. The minimum absolute atomic E-state index is 0.00671.